The monoisotopic (exact) mass is 175 g/mol. The van der Waals surface area contributed by atoms with E-state index >= 15 is 0 Å². The van der Waals surface area contributed by atoms with Crippen LogP contribution < -0.4 is 5.32 Å². The van der Waals surface area contributed by atoms with Gasteiger partial charge in [-0.15, -0.1) is 0 Å². The van der Waals surface area contributed by atoms with Gasteiger partial charge in [-0.3, -0.25) is 0 Å². The zero-order chi connectivity index (χ0) is 9.40. The van der Waals surface area contributed by atoms with Gasteiger partial charge in [-0.2, -0.15) is 0 Å². The Morgan fingerprint density at radius 2 is 1.92 bits per heavy atom. The molecule has 0 bridgehead atoms. The molecule has 0 aliphatic rings. The standard InChI is InChI=1S/C9H21NO2/c1-8(2)6-12-9(5-10-3)7-11-4/h8-10H,5-7H2,1-4H3. The number of hydrogen-bond donors (Lipinski definition) is 1. The lowest BCUT2D eigenvalue weighted by molar-refractivity contribution is -0.0108. The minimum Gasteiger partial charge on any atom is -0.382 e. The van der Waals surface area contributed by atoms with E-state index in [1.54, 1.807) is 7.11 Å². The van der Waals surface area contributed by atoms with Gasteiger partial charge in [-0.05, 0) is 13.0 Å². The van der Waals surface area contributed by atoms with E-state index in [1.165, 1.54) is 0 Å². The molecule has 0 saturated carbocycles. The third-order valence-corrected chi connectivity index (χ3v) is 1.45. The van der Waals surface area contributed by atoms with Crippen LogP contribution in [0.3, 0.4) is 0 Å². The molecule has 0 fully saturated rings. The van der Waals surface area contributed by atoms with E-state index < -0.39 is 0 Å². The van der Waals surface area contributed by atoms with Gasteiger partial charge >= 0.3 is 0 Å². The van der Waals surface area contributed by atoms with Crippen LogP contribution in [0.4, 0.5) is 0 Å². The van der Waals surface area contributed by atoms with Crippen molar-refractivity contribution < 1.29 is 9.47 Å². The molecule has 0 aliphatic carbocycles. The summed E-state index contributed by atoms with van der Waals surface area (Å²) in [4.78, 5) is 0. The summed E-state index contributed by atoms with van der Waals surface area (Å²) in [7, 11) is 3.61. The molecule has 3 nitrogen and oxygen atoms in total. The van der Waals surface area contributed by atoms with Crippen LogP contribution in [0.2, 0.25) is 0 Å². The molecule has 0 aromatic carbocycles. The third kappa shape index (κ3) is 6.58. The Hall–Kier alpha value is -0.120. The Bertz CT molecular complexity index is 90.5. The van der Waals surface area contributed by atoms with E-state index in [1.807, 2.05) is 7.05 Å². The van der Waals surface area contributed by atoms with E-state index in [0.717, 1.165) is 13.2 Å². The number of rotatable bonds is 7. The maximum atomic E-state index is 5.60. The van der Waals surface area contributed by atoms with Gasteiger partial charge in [0.05, 0.1) is 12.7 Å². The fourth-order valence-electron chi connectivity index (χ4n) is 0.908. The van der Waals surface area contributed by atoms with E-state index in [9.17, 15) is 0 Å². The molecule has 1 atom stereocenters. The van der Waals surface area contributed by atoms with Crippen LogP contribution in [0.25, 0.3) is 0 Å². The molecular formula is C9H21NO2. The highest BCUT2D eigenvalue weighted by molar-refractivity contribution is 4.59. The highest BCUT2D eigenvalue weighted by Crippen LogP contribution is 1.97. The lowest BCUT2D eigenvalue weighted by atomic mass is 10.2. The molecule has 3 heteroatoms. The fourth-order valence-corrected chi connectivity index (χ4v) is 0.908. The van der Waals surface area contributed by atoms with Crippen LogP contribution in [0.5, 0.6) is 0 Å². The van der Waals surface area contributed by atoms with Crippen molar-refractivity contribution in [3.63, 3.8) is 0 Å². The van der Waals surface area contributed by atoms with Crippen LogP contribution in [0.15, 0.2) is 0 Å². The molecule has 0 saturated heterocycles. The van der Waals surface area contributed by atoms with Crippen molar-refractivity contribution >= 4 is 0 Å². The SMILES string of the molecule is CNCC(COC)OCC(C)C. The molecule has 1 N–H and O–H groups in total. The van der Waals surface area contributed by atoms with Gasteiger partial charge in [0, 0.05) is 20.3 Å². The number of methoxy groups -OCH3 is 1. The van der Waals surface area contributed by atoms with Crippen LogP contribution in [-0.4, -0.2) is 40.0 Å². The molecular weight excluding hydrogens is 154 g/mol. The fraction of sp³-hybridized carbons (Fsp3) is 1.00. The number of nitrogens with one attached hydrogen (secondary N) is 1. The molecule has 0 aliphatic heterocycles. The average molecular weight is 175 g/mol. The van der Waals surface area contributed by atoms with Crippen LogP contribution in [-0.2, 0) is 9.47 Å². The summed E-state index contributed by atoms with van der Waals surface area (Å²) in [6, 6.07) is 0. The van der Waals surface area contributed by atoms with Crippen molar-refractivity contribution in [1.82, 2.24) is 5.32 Å². The highest BCUT2D eigenvalue weighted by atomic mass is 16.5. The van der Waals surface area contributed by atoms with Crippen LogP contribution >= 0.6 is 0 Å². The van der Waals surface area contributed by atoms with Gasteiger partial charge in [0.1, 0.15) is 0 Å². The van der Waals surface area contributed by atoms with Gasteiger partial charge < -0.3 is 14.8 Å². The van der Waals surface area contributed by atoms with Gasteiger partial charge in [0.2, 0.25) is 0 Å². The van der Waals surface area contributed by atoms with E-state index in [0.29, 0.717) is 12.5 Å². The topological polar surface area (TPSA) is 30.5 Å². The van der Waals surface area contributed by atoms with Crippen molar-refractivity contribution in [3.8, 4) is 0 Å². The van der Waals surface area contributed by atoms with Crippen molar-refractivity contribution in [2.45, 2.75) is 20.0 Å². The number of likely N-dealkylation sites (N-methyl/N-ethyl adjacent to an activating group) is 1. The second-order valence-corrected chi connectivity index (χ2v) is 3.36. The largest absolute Gasteiger partial charge is 0.382 e. The highest BCUT2D eigenvalue weighted by Gasteiger charge is 2.07. The maximum absolute atomic E-state index is 5.60. The zero-order valence-corrected chi connectivity index (χ0v) is 8.59. The first-order chi connectivity index (χ1) is 5.70. The first-order valence-electron chi connectivity index (χ1n) is 4.45. The smallest absolute Gasteiger partial charge is 0.0932 e. The van der Waals surface area contributed by atoms with Gasteiger partial charge in [0.25, 0.3) is 0 Å². The molecule has 0 amide bonds. The summed E-state index contributed by atoms with van der Waals surface area (Å²) >= 11 is 0. The summed E-state index contributed by atoms with van der Waals surface area (Å²) in [6.07, 6.45) is 0.183. The van der Waals surface area contributed by atoms with Gasteiger partial charge in [-0.1, -0.05) is 13.8 Å². The van der Waals surface area contributed by atoms with Crippen molar-refractivity contribution in [3.05, 3.63) is 0 Å². The summed E-state index contributed by atoms with van der Waals surface area (Å²) in [5.41, 5.74) is 0. The lowest BCUT2D eigenvalue weighted by Gasteiger charge is -2.17. The van der Waals surface area contributed by atoms with Crippen molar-refractivity contribution in [1.29, 1.82) is 0 Å². The molecule has 0 aromatic heterocycles. The van der Waals surface area contributed by atoms with E-state index in [4.69, 9.17) is 9.47 Å². The van der Waals surface area contributed by atoms with Gasteiger partial charge in [-0.25, -0.2) is 0 Å². The minimum absolute atomic E-state index is 0.183. The average Bonchev–Trinajstić information content (AvgIpc) is 2.01. The summed E-state index contributed by atoms with van der Waals surface area (Å²) in [6.45, 7) is 6.59. The molecule has 0 heterocycles. The summed E-state index contributed by atoms with van der Waals surface area (Å²) in [5, 5.41) is 3.07. The molecule has 0 rings (SSSR count). The van der Waals surface area contributed by atoms with Crippen LogP contribution in [0.1, 0.15) is 13.8 Å². The van der Waals surface area contributed by atoms with Crippen molar-refractivity contribution in [2.75, 3.05) is 33.9 Å². The molecule has 0 spiro atoms. The first-order valence-corrected chi connectivity index (χ1v) is 4.45. The molecule has 74 valence electrons. The van der Waals surface area contributed by atoms with Crippen LogP contribution in [0, 0.1) is 5.92 Å². The predicted octanol–water partition coefficient (Wildman–Crippen LogP) is 0.893. The Kier molecular flexibility index (Phi) is 7.45. The third-order valence-electron chi connectivity index (χ3n) is 1.45. The molecule has 12 heavy (non-hydrogen) atoms. The van der Waals surface area contributed by atoms with E-state index in [2.05, 4.69) is 19.2 Å². The Balaban J connectivity index is 3.48. The maximum Gasteiger partial charge on any atom is 0.0932 e. The summed E-state index contributed by atoms with van der Waals surface area (Å²) in [5.74, 6) is 0.584. The second-order valence-electron chi connectivity index (χ2n) is 3.36. The first kappa shape index (κ1) is 11.9. The molecule has 0 aromatic rings. The Labute approximate surface area is 75.4 Å². The van der Waals surface area contributed by atoms with Crippen molar-refractivity contribution in [2.24, 2.45) is 5.92 Å². The Morgan fingerprint density at radius 1 is 1.25 bits per heavy atom. The quantitative estimate of drug-likeness (QED) is 0.623. The number of hydrogen-bond acceptors (Lipinski definition) is 3. The van der Waals surface area contributed by atoms with Gasteiger partial charge in [0.15, 0.2) is 0 Å². The lowest BCUT2D eigenvalue weighted by Crippen LogP contribution is -2.31. The zero-order valence-electron chi connectivity index (χ0n) is 8.59. The molecule has 1 unspecified atom stereocenters. The number of ether oxygens (including phenoxy) is 2. The van der Waals surface area contributed by atoms with E-state index in [-0.39, 0.29) is 6.10 Å². The Morgan fingerprint density at radius 3 is 2.33 bits per heavy atom. The minimum atomic E-state index is 0.183. The predicted molar refractivity (Wildman–Crippen MR) is 50.4 cm³/mol. The summed E-state index contributed by atoms with van der Waals surface area (Å²) < 4.78 is 10.6. The normalized spacial score (nSPS) is 13.8. The second kappa shape index (κ2) is 7.53. The molecule has 0 radical (unpaired) electrons.